The minimum atomic E-state index is -0.852. The molecular formula is C23H31FN2O5. The molecule has 1 aromatic rings. The number of nitrogens with zero attached hydrogens (tertiary/aromatic N) is 2. The zero-order valence-electron chi connectivity index (χ0n) is 17.7. The molecule has 3 heterocycles. The molecule has 170 valence electrons. The van der Waals surface area contributed by atoms with Crippen molar-refractivity contribution in [3.8, 4) is 0 Å². The maximum absolute atomic E-state index is 14.3. The van der Waals surface area contributed by atoms with Gasteiger partial charge in [-0.2, -0.15) is 0 Å². The van der Waals surface area contributed by atoms with E-state index in [1.807, 2.05) is 4.90 Å². The molecule has 3 fully saturated rings. The lowest BCUT2D eigenvalue weighted by atomic mass is 9.93. The average Bonchev–Trinajstić information content (AvgIpc) is 2.77. The summed E-state index contributed by atoms with van der Waals surface area (Å²) in [4.78, 5) is 29.3. The molecule has 0 radical (unpaired) electrons. The van der Waals surface area contributed by atoms with Crippen molar-refractivity contribution in [2.75, 3.05) is 32.8 Å². The Balaban J connectivity index is 1.46. The Hall–Kier alpha value is -2.03. The van der Waals surface area contributed by atoms with Crippen molar-refractivity contribution >= 4 is 11.8 Å². The molecule has 2 amide bonds. The third-order valence-corrected chi connectivity index (χ3v) is 6.46. The van der Waals surface area contributed by atoms with E-state index in [0.29, 0.717) is 19.3 Å². The maximum atomic E-state index is 14.3. The molecule has 31 heavy (non-hydrogen) atoms. The van der Waals surface area contributed by atoms with Gasteiger partial charge in [0.25, 0.3) is 5.91 Å². The molecule has 1 N–H and O–H groups in total. The number of hydrogen-bond donors (Lipinski definition) is 1. The smallest absolute Gasteiger partial charge is 0.257 e. The highest BCUT2D eigenvalue weighted by Crippen LogP contribution is 2.29. The Morgan fingerprint density at radius 3 is 2.65 bits per heavy atom. The quantitative estimate of drug-likeness (QED) is 0.787. The number of rotatable bonds is 3. The monoisotopic (exact) mass is 434 g/mol. The fraction of sp³-hybridized carbons (Fsp3) is 0.652. The van der Waals surface area contributed by atoms with Gasteiger partial charge in [-0.05, 0) is 44.2 Å². The van der Waals surface area contributed by atoms with Gasteiger partial charge in [-0.15, -0.1) is 0 Å². The minimum Gasteiger partial charge on any atom is -0.389 e. The van der Waals surface area contributed by atoms with Gasteiger partial charge >= 0.3 is 0 Å². The highest BCUT2D eigenvalue weighted by atomic mass is 19.1. The number of hydrogen-bond acceptors (Lipinski definition) is 5. The molecule has 0 unspecified atom stereocenters. The first-order valence-corrected chi connectivity index (χ1v) is 11.3. The van der Waals surface area contributed by atoms with Crippen LogP contribution < -0.4 is 0 Å². The van der Waals surface area contributed by atoms with Crippen LogP contribution in [0.3, 0.4) is 0 Å². The zero-order chi connectivity index (χ0) is 21.8. The van der Waals surface area contributed by atoms with Gasteiger partial charge in [0, 0.05) is 19.6 Å². The highest BCUT2D eigenvalue weighted by Gasteiger charge is 2.41. The van der Waals surface area contributed by atoms with Crippen LogP contribution in [-0.2, 0) is 14.3 Å². The van der Waals surface area contributed by atoms with E-state index in [1.165, 1.54) is 23.5 Å². The molecule has 1 aromatic carbocycles. The van der Waals surface area contributed by atoms with Gasteiger partial charge in [0.15, 0.2) is 0 Å². The van der Waals surface area contributed by atoms with Gasteiger partial charge in [-0.25, -0.2) is 4.39 Å². The Morgan fingerprint density at radius 1 is 1.10 bits per heavy atom. The molecule has 0 saturated carbocycles. The molecule has 0 bridgehead atoms. The van der Waals surface area contributed by atoms with Crippen LogP contribution in [0.15, 0.2) is 24.3 Å². The zero-order valence-corrected chi connectivity index (χ0v) is 17.7. The lowest BCUT2D eigenvalue weighted by Crippen LogP contribution is -2.57. The summed E-state index contributed by atoms with van der Waals surface area (Å²) in [5.74, 6) is -0.927. The number of β-amino-alcohol motifs (C(OH)–C–C–N with tert-alkyl or cyclic N) is 1. The van der Waals surface area contributed by atoms with Gasteiger partial charge in [-0.3, -0.25) is 9.59 Å². The topological polar surface area (TPSA) is 79.3 Å². The van der Waals surface area contributed by atoms with Gasteiger partial charge in [-0.1, -0.05) is 12.1 Å². The van der Waals surface area contributed by atoms with Crippen molar-refractivity contribution in [1.82, 2.24) is 9.80 Å². The molecule has 4 rings (SSSR count). The number of piperidine rings is 1. The molecule has 0 aromatic heterocycles. The van der Waals surface area contributed by atoms with Crippen LogP contribution in [0.2, 0.25) is 0 Å². The fourth-order valence-corrected chi connectivity index (χ4v) is 4.83. The Kier molecular flexibility index (Phi) is 7.20. The number of aliphatic hydroxyl groups excluding tert-OH is 1. The predicted octanol–water partition coefficient (Wildman–Crippen LogP) is 1.98. The van der Waals surface area contributed by atoms with E-state index in [4.69, 9.17) is 9.47 Å². The number of benzene rings is 1. The van der Waals surface area contributed by atoms with E-state index in [-0.39, 0.29) is 43.4 Å². The van der Waals surface area contributed by atoms with E-state index < -0.39 is 23.9 Å². The molecule has 3 aliphatic heterocycles. The summed E-state index contributed by atoms with van der Waals surface area (Å²) in [5, 5.41) is 10.3. The van der Waals surface area contributed by atoms with Crippen molar-refractivity contribution in [1.29, 1.82) is 0 Å². The van der Waals surface area contributed by atoms with Crippen LogP contribution in [-0.4, -0.2) is 83.9 Å². The number of aliphatic hydroxyl groups is 1. The van der Waals surface area contributed by atoms with Crippen LogP contribution in [0.25, 0.3) is 0 Å². The second kappa shape index (κ2) is 10.1. The lowest BCUT2D eigenvalue weighted by molar-refractivity contribution is -0.155. The van der Waals surface area contributed by atoms with Gasteiger partial charge in [0.2, 0.25) is 5.91 Å². The summed E-state index contributed by atoms with van der Waals surface area (Å²) in [6.07, 6.45) is 3.32. The number of ether oxygens (including phenoxy) is 2. The number of halogens is 1. The van der Waals surface area contributed by atoms with E-state index in [9.17, 15) is 19.1 Å². The van der Waals surface area contributed by atoms with Gasteiger partial charge in [0.1, 0.15) is 11.9 Å². The lowest BCUT2D eigenvalue weighted by Gasteiger charge is -2.44. The molecule has 0 spiro atoms. The summed E-state index contributed by atoms with van der Waals surface area (Å²) in [6.45, 7) is 1.96. The fourth-order valence-electron chi connectivity index (χ4n) is 4.83. The van der Waals surface area contributed by atoms with E-state index in [1.54, 1.807) is 12.1 Å². The molecule has 8 heteroatoms. The predicted molar refractivity (Wildman–Crippen MR) is 111 cm³/mol. The summed E-state index contributed by atoms with van der Waals surface area (Å²) in [7, 11) is 0. The third kappa shape index (κ3) is 5.25. The second-order valence-electron chi connectivity index (χ2n) is 8.72. The van der Waals surface area contributed by atoms with Crippen molar-refractivity contribution in [3.63, 3.8) is 0 Å². The maximum Gasteiger partial charge on any atom is 0.257 e. The molecule has 4 atom stereocenters. The molecule has 7 nitrogen and oxygen atoms in total. The minimum absolute atomic E-state index is 0.0164. The van der Waals surface area contributed by atoms with Crippen molar-refractivity contribution in [2.45, 2.75) is 62.9 Å². The van der Waals surface area contributed by atoms with E-state index in [0.717, 1.165) is 25.9 Å². The van der Waals surface area contributed by atoms with Crippen LogP contribution in [0.5, 0.6) is 0 Å². The Labute approximate surface area is 182 Å². The largest absolute Gasteiger partial charge is 0.389 e. The second-order valence-corrected chi connectivity index (χ2v) is 8.72. The summed E-state index contributed by atoms with van der Waals surface area (Å²) in [6, 6.07) is 5.53. The van der Waals surface area contributed by atoms with Crippen LogP contribution in [0.4, 0.5) is 4.39 Å². The summed E-state index contributed by atoms with van der Waals surface area (Å²) >= 11 is 0. The number of carbonyl (C=O) groups is 2. The van der Waals surface area contributed by atoms with E-state index in [2.05, 4.69) is 0 Å². The van der Waals surface area contributed by atoms with Gasteiger partial charge < -0.3 is 24.4 Å². The van der Waals surface area contributed by atoms with Crippen molar-refractivity contribution in [2.24, 2.45) is 0 Å². The molecular weight excluding hydrogens is 403 g/mol. The van der Waals surface area contributed by atoms with E-state index >= 15 is 0 Å². The van der Waals surface area contributed by atoms with Crippen molar-refractivity contribution < 1.29 is 28.6 Å². The summed E-state index contributed by atoms with van der Waals surface area (Å²) in [5.41, 5.74) is -0.0164. The van der Waals surface area contributed by atoms with Crippen molar-refractivity contribution in [3.05, 3.63) is 35.6 Å². The number of fused-ring (bicyclic) bond motifs is 1. The molecule has 3 saturated heterocycles. The van der Waals surface area contributed by atoms with Crippen LogP contribution in [0, 0.1) is 5.82 Å². The van der Waals surface area contributed by atoms with Gasteiger partial charge in [0.05, 0.1) is 43.4 Å². The average molecular weight is 435 g/mol. The first-order valence-electron chi connectivity index (χ1n) is 11.3. The first-order chi connectivity index (χ1) is 15.0. The first kappa shape index (κ1) is 22.2. The summed E-state index contributed by atoms with van der Waals surface area (Å²) < 4.78 is 26.1. The SMILES string of the molecule is O=C(C[C@@H]1CC[C@H]2[C@@H](COC[C@@H](O)CN2C(=O)c2ccccc2F)O1)N1CCCCC1. The number of likely N-dealkylation sites (tertiary alicyclic amines) is 1. The Morgan fingerprint density at radius 2 is 1.87 bits per heavy atom. The molecule has 3 aliphatic rings. The van der Waals surface area contributed by atoms with Crippen LogP contribution in [0.1, 0.15) is 48.9 Å². The molecule has 0 aliphatic carbocycles. The van der Waals surface area contributed by atoms with Crippen LogP contribution >= 0.6 is 0 Å². The standard InChI is InChI=1S/C23H31FN2O5/c24-19-7-3-2-6-18(19)23(29)26-13-16(27)14-30-15-21-20(26)9-8-17(31-21)12-22(28)25-10-4-1-5-11-25/h2-3,6-7,16-17,20-21,27H,1,4-5,8-15H2/t16-,17-,20-,21+/m0/s1. The normalized spacial score (nSPS) is 29.6. The Bertz CT molecular complexity index is 785. The third-order valence-electron chi connectivity index (χ3n) is 6.46. The highest BCUT2D eigenvalue weighted by molar-refractivity contribution is 5.94. The number of amides is 2. The number of carbonyl (C=O) groups excluding carboxylic acids is 2.